The highest BCUT2D eigenvalue weighted by atomic mass is 35.5. The van der Waals surface area contributed by atoms with E-state index in [9.17, 15) is 14.4 Å². The molecule has 1 N–H and O–H groups in total. The Labute approximate surface area is 257 Å². The number of nitrogens with one attached hydrogen (secondary N) is 1. The first-order valence-electron chi connectivity index (χ1n) is 13.2. The monoisotopic (exact) mass is 616 g/mol. The average molecular weight is 618 g/mol. The van der Waals surface area contributed by atoms with Crippen LogP contribution < -0.4 is 5.32 Å². The molecule has 0 bridgehead atoms. The smallest absolute Gasteiger partial charge is 0.339 e. The minimum atomic E-state index is -0.644. The van der Waals surface area contributed by atoms with Gasteiger partial charge in [0.1, 0.15) is 0 Å². The summed E-state index contributed by atoms with van der Waals surface area (Å²) in [6.45, 7) is 2.28. The number of carbonyl (C=O) groups is 3. The van der Waals surface area contributed by atoms with Gasteiger partial charge in [0.05, 0.1) is 22.6 Å². The van der Waals surface area contributed by atoms with Crippen molar-refractivity contribution < 1.29 is 19.1 Å². The number of halogens is 2. The van der Waals surface area contributed by atoms with Gasteiger partial charge in [0.15, 0.2) is 6.61 Å². The van der Waals surface area contributed by atoms with Crippen LogP contribution in [0.2, 0.25) is 10.0 Å². The number of para-hydroxylation sites is 1. The number of ether oxygens (including phenoxy) is 1. The molecular formula is C33H26Cl2N2O4S. The Balaban J connectivity index is 1.32. The number of carbonyl (C=O) groups excluding carboxylic acids is 3. The molecule has 1 aromatic heterocycles. The van der Waals surface area contributed by atoms with Gasteiger partial charge in [-0.05, 0) is 48.9 Å². The summed E-state index contributed by atoms with van der Waals surface area (Å²) in [5.41, 5.74) is 3.91. The van der Waals surface area contributed by atoms with E-state index in [1.807, 2.05) is 61.5 Å². The molecule has 6 nitrogen and oxygen atoms in total. The van der Waals surface area contributed by atoms with Crippen LogP contribution in [-0.4, -0.2) is 34.6 Å². The molecule has 0 spiro atoms. The highest BCUT2D eigenvalue weighted by Gasteiger charge is 2.24. The molecule has 42 heavy (non-hydrogen) atoms. The van der Waals surface area contributed by atoms with E-state index >= 15 is 0 Å². The number of anilines is 1. The molecule has 0 fully saturated rings. The van der Waals surface area contributed by atoms with Crippen LogP contribution in [0.4, 0.5) is 5.69 Å². The molecule has 1 amide bonds. The van der Waals surface area contributed by atoms with E-state index in [1.54, 1.807) is 42.5 Å². The van der Waals surface area contributed by atoms with E-state index in [2.05, 4.69) is 9.88 Å². The van der Waals surface area contributed by atoms with Crippen LogP contribution in [0.3, 0.4) is 0 Å². The Morgan fingerprint density at radius 3 is 2.26 bits per heavy atom. The molecule has 0 unspecified atom stereocenters. The average Bonchev–Trinajstić information content (AvgIpc) is 3.33. The van der Waals surface area contributed by atoms with Gasteiger partial charge < -0.3 is 14.6 Å². The van der Waals surface area contributed by atoms with Gasteiger partial charge in [-0.1, -0.05) is 83.9 Å². The van der Waals surface area contributed by atoms with Crippen LogP contribution in [0.25, 0.3) is 22.2 Å². The molecule has 0 aliphatic carbocycles. The predicted octanol–water partition coefficient (Wildman–Crippen LogP) is 8.41. The van der Waals surface area contributed by atoms with Crippen molar-refractivity contribution in [3.63, 3.8) is 0 Å². The number of Topliss-reactive ketones (excluding diaryl/α,β-unsaturated/α-hetero) is 1. The van der Waals surface area contributed by atoms with Crippen molar-refractivity contribution >= 4 is 69.2 Å². The molecule has 0 saturated heterocycles. The molecule has 5 aromatic rings. The van der Waals surface area contributed by atoms with E-state index in [4.69, 9.17) is 27.9 Å². The first kappa shape index (κ1) is 29.5. The van der Waals surface area contributed by atoms with E-state index < -0.39 is 12.6 Å². The fourth-order valence-electron chi connectivity index (χ4n) is 4.82. The lowest BCUT2D eigenvalue weighted by Crippen LogP contribution is -2.16. The standard InChI is InChI=1S/C33H26Cl2N2O4S/c1-2-37-27-14-8-6-12-25(27)31(32(37)21-10-4-3-5-11-21)28(38)19-41-33(40)26-13-7-9-15-29(26)42-20-30(39)36-24-17-22(34)16-23(35)18-24/h3-18H,2,19-20H2,1H3,(H,36,39). The Morgan fingerprint density at radius 1 is 0.857 bits per heavy atom. The number of aromatic nitrogens is 1. The number of hydrogen-bond acceptors (Lipinski definition) is 5. The zero-order valence-corrected chi connectivity index (χ0v) is 24.9. The summed E-state index contributed by atoms with van der Waals surface area (Å²) < 4.78 is 7.66. The fourth-order valence-corrected chi connectivity index (χ4v) is 6.19. The van der Waals surface area contributed by atoms with Gasteiger partial charge in [0, 0.05) is 38.1 Å². The summed E-state index contributed by atoms with van der Waals surface area (Å²) in [5.74, 6) is -1.20. The van der Waals surface area contributed by atoms with Crippen molar-refractivity contribution in [3.05, 3.63) is 118 Å². The number of fused-ring (bicyclic) bond motifs is 1. The van der Waals surface area contributed by atoms with Gasteiger partial charge >= 0.3 is 5.97 Å². The number of nitrogens with zero attached hydrogens (tertiary/aromatic N) is 1. The Hall–Kier alpha value is -4.04. The largest absolute Gasteiger partial charge is 0.454 e. The highest BCUT2D eigenvalue weighted by molar-refractivity contribution is 8.00. The zero-order chi connectivity index (χ0) is 29.6. The number of aryl methyl sites for hydroxylation is 1. The molecule has 0 saturated carbocycles. The number of esters is 1. The predicted molar refractivity (Wildman–Crippen MR) is 170 cm³/mol. The van der Waals surface area contributed by atoms with Crippen molar-refractivity contribution in [3.8, 4) is 11.3 Å². The van der Waals surface area contributed by atoms with Crippen molar-refractivity contribution in [2.24, 2.45) is 0 Å². The Morgan fingerprint density at radius 2 is 1.52 bits per heavy atom. The SMILES string of the molecule is CCn1c(-c2ccccc2)c(C(=O)COC(=O)c2ccccc2SCC(=O)Nc2cc(Cl)cc(Cl)c2)c2ccccc21. The summed E-state index contributed by atoms with van der Waals surface area (Å²) in [5, 5.41) is 4.37. The van der Waals surface area contributed by atoms with Crippen molar-refractivity contribution in [1.29, 1.82) is 0 Å². The molecule has 212 valence electrons. The molecule has 5 rings (SSSR count). The maximum Gasteiger partial charge on any atom is 0.339 e. The van der Waals surface area contributed by atoms with Crippen LogP contribution in [0.15, 0.2) is 102 Å². The first-order valence-corrected chi connectivity index (χ1v) is 14.9. The summed E-state index contributed by atoms with van der Waals surface area (Å²) >= 11 is 13.2. The van der Waals surface area contributed by atoms with Crippen LogP contribution in [0.1, 0.15) is 27.6 Å². The lowest BCUT2D eigenvalue weighted by atomic mass is 10.0. The van der Waals surface area contributed by atoms with Crippen LogP contribution in [0, 0.1) is 0 Å². The van der Waals surface area contributed by atoms with Gasteiger partial charge in [0.2, 0.25) is 11.7 Å². The third-order valence-electron chi connectivity index (χ3n) is 6.56. The second kappa shape index (κ2) is 13.3. The lowest BCUT2D eigenvalue weighted by molar-refractivity contribution is -0.113. The zero-order valence-electron chi connectivity index (χ0n) is 22.6. The summed E-state index contributed by atoms with van der Waals surface area (Å²) in [4.78, 5) is 40.0. The van der Waals surface area contributed by atoms with E-state index in [0.29, 0.717) is 32.7 Å². The molecular weight excluding hydrogens is 591 g/mol. The van der Waals surface area contributed by atoms with Crippen molar-refractivity contribution in [2.45, 2.75) is 18.4 Å². The molecule has 4 aromatic carbocycles. The number of hydrogen-bond donors (Lipinski definition) is 1. The quantitative estimate of drug-likeness (QED) is 0.0968. The maximum atomic E-state index is 13.7. The third-order valence-corrected chi connectivity index (χ3v) is 8.07. The third kappa shape index (κ3) is 6.54. The molecule has 0 atom stereocenters. The van der Waals surface area contributed by atoms with Gasteiger partial charge in [0.25, 0.3) is 0 Å². The molecule has 0 aliphatic heterocycles. The minimum Gasteiger partial charge on any atom is -0.454 e. The second-order valence-corrected chi connectivity index (χ2v) is 11.2. The topological polar surface area (TPSA) is 77.4 Å². The van der Waals surface area contributed by atoms with Crippen LogP contribution >= 0.6 is 35.0 Å². The van der Waals surface area contributed by atoms with E-state index in [0.717, 1.165) is 22.2 Å². The van der Waals surface area contributed by atoms with E-state index in [1.165, 1.54) is 11.8 Å². The van der Waals surface area contributed by atoms with Gasteiger partial charge in [-0.15, -0.1) is 11.8 Å². The number of ketones is 1. The highest BCUT2D eigenvalue weighted by Crippen LogP contribution is 2.34. The number of benzene rings is 4. The van der Waals surface area contributed by atoms with Crippen molar-refractivity contribution in [1.82, 2.24) is 4.57 Å². The Kier molecular flexibility index (Phi) is 9.32. The minimum absolute atomic E-state index is 0.0321. The fraction of sp³-hybridized carbons (Fsp3) is 0.121. The lowest BCUT2D eigenvalue weighted by Gasteiger charge is -2.12. The number of thioether (sulfide) groups is 1. The summed E-state index contributed by atoms with van der Waals surface area (Å²) in [6, 6.07) is 29.0. The molecule has 0 aliphatic rings. The molecule has 9 heteroatoms. The maximum absolute atomic E-state index is 13.7. The van der Waals surface area contributed by atoms with Gasteiger partial charge in [-0.3, -0.25) is 9.59 Å². The van der Waals surface area contributed by atoms with Crippen molar-refractivity contribution in [2.75, 3.05) is 17.7 Å². The second-order valence-electron chi connectivity index (χ2n) is 9.34. The number of amides is 1. The van der Waals surface area contributed by atoms with Crippen LogP contribution in [0.5, 0.6) is 0 Å². The molecule has 0 radical (unpaired) electrons. The van der Waals surface area contributed by atoms with Gasteiger partial charge in [-0.25, -0.2) is 4.79 Å². The normalized spacial score (nSPS) is 10.9. The number of rotatable bonds is 10. The molecule has 1 heterocycles. The Bertz CT molecular complexity index is 1770. The first-order chi connectivity index (χ1) is 20.4. The van der Waals surface area contributed by atoms with Crippen LogP contribution in [-0.2, 0) is 16.1 Å². The summed E-state index contributed by atoms with van der Waals surface area (Å²) in [6.07, 6.45) is 0. The summed E-state index contributed by atoms with van der Waals surface area (Å²) in [7, 11) is 0. The van der Waals surface area contributed by atoms with Gasteiger partial charge in [-0.2, -0.15) is 0 Å². The van der Waals surface area contributed by atoms with E-state index in [-0.39, 0.29) is 23.0 Å².